The molecule has 0 aliphatic carbocycles. The number of H-pyrrole nitrogens is 2. The first-order valence-electron chi connectivity index (χ1n) is 8.42. The van der Waals surface area contributed by atoms with Gasteiger partial charge in [-0.15, -0.1) is 0 Å². The van der Waals surface area contributed by atoms with E-state index < -0.39 is 0 Å². The molecule has 0 unspecified atom stereocenters. The summed E-state index contributed by atoms with van der Waals surface area (Å²) in [7, 11) is 0. The van der Waals surface area contributed by atoms with Crippen LogP contribution in [0.1, 0.15) is 19.7 Å². The van der Waals surface area contributed by atoms with Crippen LogP contribution in [0, 0.1) is 0 Å². The van der Waals surface area contributed by atoms with Gasteiger partial charge >= 0.3 is 0 Å². The normalized spacial score (nSPS) is 11.3. The minimum atomic E-state index is 0.539. The van der Waals surface area contributed by atoms with Crippen LogP contribution in [0.25, 0.3) is 22.2 Å². The van der Waals surface area contributed by atoms with Crippen molar-refractivity contribution in [1.29, 1.82) is 0 Å². The largest absolute Gasteiger partial charge is 0.361 e. The van der Waals surface area contributed by atoms with Gasteiger partial charge in [0.15, 0.2) is 11.5 Å². The number of anilines is 2. The summed E-state index contributed by atoms with van der Waals surface area (Å²) in [6, 6.07) is 7.98. The summed E-state index contributed by atoms with van der Waals surface area (Å²) in [5.74, 6) is 2.26. The van der Waals surface area contributed by atoms with Crippen LogP contribution in [0.15, 0.2) is 30.6 Å². The molecule has 3 N–H and O–H groups in total. The Kier molecular flexibility index (Phi) is 3.93. The molecule has 8 nitrogen and oxygen atoms in total. The lowest BCUT2D eigenvalue weighted by atomic mass is 10.3. The van der Waals surface area contributed by atoms with E-state index >= 15 is 0 Å². The summed E-state index contributed by atoms with van der Waals surface area (Å²) >= 11 is 0. The first kappa shape index (κ1) is 15.4. The molecule has 0 atom stereocenters. The Bertz CT molecular complexity index is 965. The zero-order valence-corrected chi connectivity index (χ0v) is 14.2. The Morgan fingerprint density at radius 3 is 2.72 bits per heavy atom. The molecule has 0 fully saturated rings. The number of nitrogens with zero attached hydrogens (tertiary/aromatic N) is 5. The maximum atomic E-state index is 4.67. The third kappa shape index (κ3) is 2.86. The number of fused-ring (bicyclic) bond motifs is 2. The number of para-hydroxylation sites is 2. The number of aromatic amines is 2. The Balaban J connectivity index is 1.64. The number of hydrogen-bond donors (Lipinski definition) is 3. The molecule has 3 aromatic heterocycles. The molecular formula is C17H20N8. The number of aromatic nitrogens is 6. The molecule has 128 valence electrons. The highest BCUT2D eigenvalue weighted by molar-refractivity contribution is 5.83. The third-order valence-electron chi connectivity index (χ3n) is 4.18. The standard InChI is InChI=1S/C17H20N8/c1-3-25(4-2)17-23-15(14-16(24-17)20-10-19-14)18-9-13-21-11-7-5-6-8-12(11)22-13/h5-8,10H,3-4,9H2,1-2H3,(H,21,22)(H2,18,19,20,23,24). The van der Waals surface area contributed by atoms with Gasteiger partial charge < -0.3 is 20.2 Å². The molecule has 0 spiro atoms. The van der Waals surface area contributed by atoms with Gasteiger partial charge in [-0.05, 0) is 26.0 Å². The van der Waals surface area contributed by atoms with Gasteiger partial charge in [0, 0.05) is 13.1 Å². The van der Waals surface area contributed by atoms with E-state index in [0.29, 0.717) is 18.1 Å². The molecule has 4 rings (SSSR count). The maximum absolute atomic E-state index is 4.67. The first-order chi connectivity index (χ1) is 12.3. The average Bonchev–Trinajstić information content (AvgIpc) is 3.27. The van der Waals surface area contributed by atoms with E-state index in [-0.39, 0.29) is 0 Å². The maximum Gasteiger partial charge on any atom is 0.229 e. The van der Waals surface area contributed by atoms with Crippen molar-refractivity contribution in [2.45, 2.75) is 20.4 Å². The Labute approximate surface area is 144 Å². The number of nitrogens with one attached hydrogen (secondary N) is 3. The van der Waals surface area contributed by atoms with Crippen LogP contribution >= 0.6 is 0 Å². The zero-order valence-electron chi connectivity index (χ0n) is 14.2. The molecule has 0 aliphatic rings. The number of rotatable bonds is 6. The fourth-order valence-corrected chi connectivity index (χ4v) is 2.85. The molecular weight excluding hydrogens is 316 g/mol. The van der Waals surface area contributed by atoms with Crippen molar-refractivity contribution in [3.8, 4) is 0 Å². The number of benzene rings is 1. The van der Waals surface area contributed by atoms with Gasteiger partial charge in [0.05, 0.1) is 23.9 Å². The highest BCUT2D eigenvalue weighted by atomic mass is 15.3. The van der Waals surface area contributed by atoms with E-state index in [2.05, 4.69) is 54.0 Å². The van der Waals surface area contributed by atoms with Gasteiger partial charge in [-0.1, -0.05) is 12.1 Å². The summed E-state index contributed by atoms with van der Waals surface area (Å²) in [5, 5.41) is 3.35. The van der Waals surface area contributed by atoms with Gasteiger partial charge in [-0.2, -0.15) is 9.97 Å². The predicted molar refractivity (Wildman–Crippen MR) is 98.7 cm³/mol. The van der Waals surface area contributed by atoms with E-state index in [1.807, 2.05) is 24.3 Å². The fourth-order valence-electron chi connectivity index (χ4n) is 2.85. The highest BCUT2D eigenvalue weighted by Gasteiger charge is 2.13. The quantitative estimate of drug-likeness (QED) is 0.501. The van der Waals surface area contributed by atoms with Crippen LogP contribution in [-0.2, 0) is 6.54 Å². The van der Waals surface area contributed by atoms with Crippen molar-refractivity contribution < 1.29 is 0 Å². The molecule has 0 amide bonds. The minimum Gasteiger partial charge on any atom is -0.361 e. The molecule has 3 heterocycles. The second kappa shape index (κ2) is 6.39. The first-order valence-corrected chi connectivity index (χ1v) is 8.42. The summed E-state index contributed by atoms with van der Waals surface area (Å²) in [5.41, 5.74) is 3.44. The van der Waals surface area contributed by atoms with Crippen molar-refractivity contribution in [3.63, 3.8) is 0 Å². The Morgan fingerprint density at radius 1 is 1.08 bits per heavy atom. The zero-order chi connectivity index (χ0) is 17.2. The van der Waals surface area contributed by atoms with Crippen LogP contribution < -0.4 is 10.2 Å². The monoisotopic (exact) mass is 336 g/mol. The van der Waals surface area contributed by atoms with Crippen LogP contribution in [0.2, 0.25) is 0 Å². The molecule has 1 aromatic carbocycles. The van der Waals surface area contributed by atoms with E-state index in [0.717, 1.165) is 41.3 Å². The molecule has 25 heavy (non-hydrogen) atoms. The van der Waals surface area contributed by atoms with Crippen molar-refractivity contribution >= 4 is 34.0 Å². The summed E-state index contributed by atoms with van der Waals surface area (Å²) in [6.45, 7) is 6.40. The van der Waals surface area contributed by atoms with Crippen LogP contribution in [0.3, 0.4) is 0 Å². The van der Waals surface area contributed by atoms with E-state index in [9.17, 15) is 0 Å². The lowest BCUT2D eigenvalue weighted by molar-refractivity contribution is 0.824. The van der Waals surface area contributed by atoms with Crippen molar-refractivity contribution in [2.75, 3.05) is 23.3 Å². The van der Waals surface area contributed by atoms with Gasteiger partial charge in [0.25, 0.3) is 0 Å². The molecule has 0 aliphatic heterocycles. The fraction of sp³-hybridized carbons (Fsp3) is 0.294. The van der Waals surface area contributed by atoms with Gasteiger partial charge in [-0.3, -0.25) is 0 Å². The molecule has 0 saturated heterocycles. The predicted octanol–water partition coefficient (Wildman–Crippen LogP) is 2.69. The molecule has 0 saturated carbocycles. The second-order valence-corrected chi connectivity index (χ2v) is 5.70. The van der Waals surface area contributed by atoms with Crippen LogP contribution in [0.5, 0.6) is 0 Å². The van der Waals surface area contributed by atoms with E-state index in [1.54, 1.807) is 6.33 Å². The molecule has 0 radical (unpaired) electrons. The van der Waals surface area contributed by atoms with Gasteiger partial charge in [-0.25, -0.2) is 9.97 Å². The smallest absolute Gasteiger partial charge is 0.229 e. The van der Waals surface area contributed by atoms with E-state index in [4.69, 9.17) is 0 Å². The highest BCUT2D eigenvalue weighted by Crippen LogP contribution is 2.21. The second-order valence-electron chi connectivity index (χ2n) is 5.70. The SMILES string of the molecule is CCN(CC)c1nc(NCc2nc3ccccc3[nH]2)c2[nH]cnc2n1. The minimum absolute atomic E-state index is 0.539. The number of imidazole rings is 2. The Morgan fingerprint density at radius 2 is 1.92 bits per heavy atom. The molecule has 8 heteroatoms. The van der Waals surface area contributed by atoms with Crippen molar-refractivity contribution in [2.24, 2.45) is 0 Å². The lowest BCUT2D eigenvalue weighted by Gasteiger charge is -2.19. The Hall–Kier alpha value is -3.16. The van der Waals surface area contributed by atoms with Gasteiger partial charge in [0.1, 0.15) is 11.3 Å². The summed E-state index contributed by atoms with van der Waals surface area (Å²) in [4.78, 5) is 26.6. The van der Waals surface area contributed by atoms with Crippen molar-refractivity contribution in [3.05, 3.63) is 36.4 Å². The van der Waals surface area contributed by atoms with Crippen molar-refractivity contribution in [1.82, 2.24) is 29.9 Å². The van der Waals surface area contributed by atoms with Gasteiger partial charge in [0.2, 0.25) is 5.95 Å². The van der Waals surface area contributed by atoms with Crippen LogP contribution in [-0.4, -0.2) is 43.0 Å². The summed E-state index contributed by atoms with van der Waals surface area (Å²) < 4.78 is 0. The lowest BCUT2D eigenvalue weighted by Crippen LogP contribution is -2.24. The summed E-state index contributed by atoms with van der Waals surface area (Å²) in [6.07, 6.45) is 1.64. The molecule has 0 bridgehead atoms. The van der Waals surface area contributed by atoms with E-state index in [1.165, 1.54) is 0 Å². The third-order valence-corrected chi connectivity index (χ3v) is 4.18. The number of hydrogen-bond acceptors (Lipinski definition) is 6. The topological polar surface area (TPSA) is 98.4 Å². The molecule has 4 aromatic rings. The average molecular weight is 336 g/mol. The van der Waals surface area contributed by atoms with Crippen LogP contribution in [0.4, 0.5) is 11.8 Å².